The summed E-state index contributed by atoms with van der Waals surface area (Å²) < 4.78 is 0. The van der Waals surface area contributed by atoms with Gasteiger partial charge in [-0.1, -0.05) is 6.92 Å². The molecule has 0 radical (unpaired) electrons. The van der Waals surface area contributed by atoms with E-state index < -0.39 is 0 Å². The molecule has 0 aliphatic heterocycles. The lowest BCUT2D eigenvalue weighted by molar-refractivity contribution is 0.569. The van der Waals surface area contributed by atoms with E-state index >= 15 is 0 Å². The van der Waals surface area contributed by atoms with Crippen LogP contribution in [0.2, 0.25) is 0 Å². The summed E-state index contributed by atoms with van der Waals surface area (Å²) in [5, 5.41) is 5.83. The Morgan fingerprint density at radius 3 is 2.70 bits per heavy atom. The van der Waals surface area contributed by atoms with Crippen molar-refractivity contribution < 1.29 is 0 Å². The third-order valence-corrected chi connectivity index (χ3v) is 4.77. The monoisotopic (exact) mass is 288 g/mol. The number of rotatable bonds is 5. The highest BCUT2D eigenvalue weighted by Crippen LogP contribution is 2.23. The Balaban J connectivity index is 2.11. The van der Waals surface area contributed by atoms with E-state index in [9.17, 15) is 0 Å². The number of pyridine rings is 1. The number of hydrogen-bond donors (Lipinski definition) is 1. The van der Waals surface area contributed by atoms with E-state index in [1.807, 2.05) is 11.3 Å². The van der Waals surface area contributed by atoms with Crippen molar-refractivity contribution >= 4 is 11.3 Å². The van der Waals surface area contributed by atoms with Crippen LogP contribution in [0, 0.1) is 20.8 Å². The predicted molar refractivity (Wildman–Crippen MR) is 87.4 cm³/mol. The molecule has 2 heterocycles. The van der Waals surface area contributed by atoms with Crippen molar-refractivity contribution in [2.75, 3.05) is 0 Å². The highest BCUT2D eigenvalue weighted by molar-refractivity contribution is 7.10. The maximum Gasteiger partial charge on any atom is 0.0426 e. The zero-order chi connectivity index (χ0) is 14.7. The predicted octanol–water partition coefficient (Wildman–Crippen LogP) is 4.48. The van der Waals surface area contributed by atoms with Crippen molar-refractivity contribution in [3.63, 3.8) is 0 Å². The molecule has 0 saturated heterocycles. The Hall–Kier alpha value is -1.19. The zero-order valence-corrected chi connectivity index (χ0v) is 13.9. The summed E-state index contributed by atoms with van der Waals surface area (Å²) in [6.07, 6.45) is 1.11. The number of nitrogens with one attached hydrogen (secondary N) is 1. The molecule has 1 N–H and O–H groups in total. The third-order valence-electron chi connectivity index (χ3n) is 3.80. The van der Waals surface area contributed by atoms with Gasteiger partial charge in [0.2, 0.25) is 0 Å². The van der Waals surface area contributed by atoms with Crippen molar-refractivity contribution in [1.29, 1.82) is 0 Å². The second kappa shape index (κ2) is 6.51. The number of aryl methyl sites for hydroxylation is 4. The summed E-state index contributed by atoms with van der Waals surface area (Å²) in [5.41, 5.74) is 6.37. The Morgan fingerprint density at radius 2 is 2.05 bits per heavy atom. The second-order valence-corrected chi connectivity index (χ2v) is 6.41. The first-order valence-corrected chi connectivity index (χ1v) is 8.14. The van der Waals surface area contributed by atoms with Gasteiger partial charge in [-0.15, -0.1) is 11.3 Å². The molecule has 108 valence electrons. The Bertz CT molecular complexity index is 563. The van der Waals surface area contributed by atoms with Crippen molar-refractivity contribution in [3.8, 4) is 0 Å². The van der Waals surface area contributed by atoms with Gasteiger partial charge in [0.15, 0.2) is 0 Å². The van der Waals surface area contributed by atoms with Gasteiger partial charge in [-0.05, 0) is 68.3 Å². The van der Waals surface area contributed by atoms with Crippen molar-refractivity contribution in [2.45, 2.75) is 53.6 Å². The van der Waals surface area contributed by atoms with Gasteiger partial charge in [-0.3, -0.25) is 4.98 Å². The molecule has 2 aromatic heterocycles. The first kappa shape index (κ1) is 15.2. The van der Waals surface area contributed by atoms with Gasteiger partial charge in [0.1, 0.15) is 0 Å². The van der Waals surface area contributed by atoms with Crippen molar-refractivity contribution in [1.82, 2.24) is 10.3 Å². The van der Waals surface area contributed by atoms with Gasteiger partial charge < -0.3 is 5.32 Å². The summed E-state index contributed by atoms with van der Waals surface area (Å²) in [6.45, 7) is 11.7. The fourth-order valence-electron chi connectivity index (χ4n) is 2.87. The summed E-state index contributed by atoms with van der Waals surface area (Å²) in [7, 11) is 0. The molecule has 0 fully saturated rings. The minimum absolute atomic E-state index is 0.329. The molecule has 0 aromatic carbocycles. The first-order valence-electron chi connectivity index (χ1n) is 7.26. The normalized spacial score (nSPS) is 12.7. The van der Waals surface area contributed by atoms with E-state index in [4.69, 9.17) is 0 Å². The Kier molecular flexibility index (Phi) is 4.95. The molecular weight excluding hydrogens is 264 g/mol. The molecule has 2 nitrogen and oxygen atoms in total. The molecule has 0 amide bonds. The lowest BCUT2D eigenvalue weighted by Gasteiger charge is -2.19. The molecule has 0 aliphatic carbocycles. The summed E-state index contributed by atoms with van der Waals surface area (Å²) in [5.74, 6) is 0. The topological polar surface area (TPSA) is 24.9 Å². The Morgan fingerprint density at radius 1 is 1.30 bits per heavy atom. The molecule has 2 aromatic rings. The quantitative estimate of drug-likeness (QED) is 0.877. The fraction of sp³-hybridized carbons (Fsp3) is 0.471. The minimum atomic E-state index is 0.329. The van der Waals surface area contributed by atoms with Crippen molar-refractivity contribution in [3.05, 3.63) is 50.5 Å². The zero-order valence-electron chi connectivity index (χ0n) is 13.1. The van der Waals surface area contributed by atoms with Gasteiger partial charge in [-0.2, -0.15) is 0 Å². The van der Waals surface area contributed by atoms with Crippen LogP contribution in [0.15, 0.2) is 17.5 Å². The lowest BCUT2D eigenvalue weighted by Crippen LogP contribution is -2.20. The summed E-state index contributed by atoms with van der Waals surface area (Å²) in [6, 6.07) is 4.73. The molecule has 1 unspecified atom stereocenters. The van der Waals surface area contributed by atoms with E-state index in [0.717, 1.165) is 24.4 Å². The molecule has 1 atom stereocenters. The molecule has 0 spiro atoms. The van der Waals surface area contributed by atoms with Crippen LogP contribution in [-0.4, -0.2) is 4.98 Å². The maximum absolute atomic E-state index is 4.60. The highest BCUT2D eigenvalue weighted by Gasteiger charge is 2.13. The Labute approximate surface area is 126 Å². The molecule has 3 heteroatoms. The van der Waals surface area contributed by atoms with E-state index in [-0.39, 0.29) is 0 Å². The average molecular weight is 288 g/mol. The van der Waals surface area contributed by atoms with Crippen LogP contribution in [-0.2, 0) is 13.0 Å². The summed E-state index contributed by atoms with van der Waals surface area (Å²) >= 11 is 1.84. The molecule has 0 aliphatic rings. The number of thiophene rings is 1. The lowest BCUT2D eigenvalue weighted by atomic mass is 10.0. The van der Waals surface area contributed by atoms with E-state index in [0.29, 0.717) is 6.04 Å². The second-order valence-electron chi connectivity index (χ2n) is 5.40. The first-order chi connectivity index (χ1) is 9.52. The van der Waals surface area contributed by atoms with Gasteiger partial charge in [0.05, 0.1) is 0 Å². The van der Waals surface area contributed by atoms with E-state index in [2.05, 4.69) is 62.4 Å². The number of hydrogen-bond acceptors (Lipinski definition) is 3. The third kappa shape index (κ3) is 3.28. The van der Waals surface area contributed by atoms with Crippen LogP contribution in [0.5, 0.6) is 0 Å². The summed E-state index contributed by atoms with van der Waals surface area (Å²) in [4.78, 5) is 6.05. The minimum Gasteiger partial charge on any atom is -0.305 e. The number of aromatic nitrogens is 1. The SMILES string of the molecule is CCc1ccsc1CNC(C)c1c(C)cc(C)nc1C. The van der Waals surface area contributed by atoms with Crippen LogP contribution in [0.3, 0.4) is 0 Å². The van der Waals surface area contributed by atoms with Gasteiger partial charge in [0, 0.05) is 28.9 Å². The standard InChI is InChI=1S/C17H24N2S/c1-6-15-7-8-20-16(15)10-18-13(4)17-11(2)9-12(3)19-14(17)5/h7-9,13,18H,6,10H2,1-5H3. The van der Waals surface area contributed by atoms with Gasteiger partial charge in [-0.25, -0.2) is 0 Å². The number of nitrogens with zero attached hydrogens (tertiary/aromatic N) is 1. The van der Waals surface area contributed by atoms with Gasteiger partial charge in [0.25, 0.3) is 0 Å². The molecule has 20 heavy (non-hydrogen) atoms. The highest BCUT2D eigenvalue weighted by atomic mass is 32.1. The van der Waals surface area contributed by atoms with Crippen LogP contribution < -0.4 is 5.32 Å². The largest absolute Gasteiger partial charge is 0.305 e. The fourth-order valence-corrected chi connectivity index (χ4v) is 3.80. The van der Waals surface area contributed by atoms with Crippen LogP contribution in [0.25, 0.3) is 0 Å². The van der Waals surface area contributed by atoms with Crippen LogP contribution >= 0.6 is 11.3 Å². The van der Waals surface area contributed by atoms with Crippen LogP contribution in [0.1, 0.15) is 52.8 Å². The molecule has 0 saturated carbocycles. The molecule has 2 rings (SSSR count). The maximum atomic E-state index is 4.60. The van der Waals surface area contributed by atoms with Gasteiger partial charge >= 0.3 is 0 Å². The smallest absolute Gasteiger partial charge is 0.0426 e. The van der Waals surface area contributed by atoms with E-state index in [1.54, 1.807) is 0 Å². The molecule has 0 bridgehead atoms. The molecular formula is C17H24N2S. The van der Waals surface area contributed by atoms with Crippen LogP contribution in [0.4, 0.5) is 0 Å². The average Bonchev–Trinajstić information content (AvgIpc) is 2.82. The van der Waals surface area contributed by atoms with Crippen molar-refractivity contribution in [2.24, 2.45) is 0 Å². The van der Waals surface area contributed by atoms with E-state index in [1.165, 1.54) is 21.6 Å².